The molecule has 0 heterocycles. The normalized spacial score (nSPS) is 28.5. The lowest BCUT2D eigenvalue weighted by Gasteiger charge is -2.33. The first kappa shape index (κ1) is 9.92. The molecule has 1 fully saturated rings. The molecule has 0 saturated heterocycles. The summed E-state index contributed by atoms with van der Waals surface area (Å²) in [5.41, 5.74) is 5.62. The molecule has 1 aliphatic carbocycles. The van der Waals surface area contributed by atoms with Gasteiger partial charge >= 0.3 is 0 Å². The number of nitrogens with one attached hydrogen (secondary N) is 1. The molecule has 4 heteroatoms. The topological polar surface area (TPSA) is 67.5 Å². The van der Waals surface area contributed by atoms with Crippen LogP contribution in [-0.4, -0.2) is 43.6 Å². The fraction of sp³-hybridized carbons (Fsp3) is 1.00. The van der Waals surface area contributed by atoms with E-state index in [1.54, 1.807) is 0 Å². The first-order valence-corrected chi connectivity index (χ1v) is 4.50. The number of ether oxygens (including phenoxy) is 1. The molecule has 72 valence electrons. The van der Waals surface area contributed by atoms with Gasteiger partial charge in [0.05, 0.1) is 19.8 Å². The van der Waals surface area contributed by atoms with E-state index in [2.05, 4.69) is 5.32 Å². The highest BCUT2D eigenvalue weighted by Gasteiger charge is 2.24. The number of aliphatic hydroxyl groups is 1. The molecule has 1 aliphatic rings. The Labute approximate surface area is 73.1 Å². The Balaban J connectivity index is 1.77. The first-order valence-electron chi connectivity index (χ1n) is 4.50. The third-order valence-electron chi connectivity index (χ3n) is 2.09. The standard InChI is InChI=1S/C8H18N2O2/c9-7-5-8(6-7)10-1-3-12-4-2-11/h7-8,10-11H,1-6,9H2. The summed E-state index contributed by atoms with van der Waals surface area (Å²) < 4.78 is 5.08. The van der Waals surface area contributed by atoms with Crippen LogP contribution in [0, 0.1) is 0 Å². The van der Waals surface area contributed by atoms with Crippen molar-refractivity contribution in [2.45, 2.75) is 24.9 Å². The second-order valence-corrected chi connectivity index (χ2v) is 3.22. The van der Waals surface area contributed by atoms with Gasteiger partial charge < -0.3 is 20.9 Å². The number of hydrogen-bond acceptors (Lipinski definition) is 4. The molecule has 0 aliphatic heterocycles. The van der Waals surface area contributed by atoms with Crippen molar-refractivity contribution in [2.75, 3.05) is 26.4 Å². The Morgan fingerprint density at radius 2 is 2.17 bits per heavy atom. The van der Waals surface area contributed by atoms with Crippen molar-refractivity contribution < 1.29 is 9.84 Å². The summed E-state index contributed by atoms with van der Waals surface area (Å²) in [6.45, 7) is 2.07. The van der Waals surface area contributed by atoms with E-state index in [9.17, 15) is 0 Å². The Morgan fingerprint density at radius 3 is 2.75 bits per heavy atom. The van der Waals surface area contributed by atoms with Gasteiger partial charge in [-0.25, -0.2) is 0 Å². The number of aliphatic hydroxyl groups excluding tert-OH is 1. The molecule has 0 unspecified atom stereocenters. The van der Waals surface area contributed by atoms with Crippen molar-refractivity contribution in [2.24, 2.45) is 5.73 Å². The lowest BCUT2D eigenvalue weighted by molar-refractivity contribution is 0.0902. The highest BCUT2D eigenvalue weighted by Crippen LogP contribution is 2.16. The molecule has 0 aromatic carbocycles. The zero-order valence-corrected chi connectivity index (χ0v) is 7.33. The summed E-state index contributed by atoms with van der Waals surface area (Å²) >= 11 is 0. The molecule has 4 nitrogen and oxygen atoms in total. The van der Waals surface area contributed by atoms with E-state index in [0.717, 1.165) is 19.4 Å². The van der Waals surface area contributed by atoms with Crippen molar-refractivity contribution in [3.63, 3.8) is 0 Å². The van der Waals surface area contributed by atoms with Crippen LogP contribution in [0.4, 0.5) is 0 Å². The van der Waals surface area contributed by atoms with E-state index in [4.69, 9.17) is 15.6 Å². The molecule has 4 N–H and O–H groups in total. The minimum Gasteiger partial charge on any atom is -0.394 e. The smallest absolute Gasteiger partial charge is 0.0698 e. The van der Waals surface area contributed by atoms with Crippen LogP contribution in [0.5, 0.6) is 0 Å². The van der Waals surface area contributed by atoms with Crippen LogP contribution in [0.25, 0.3) is 0 Å². The van der Waals surface area contributed by atoms with Crippen LogP contribution in [0.15, 0.2) is 0 Å². The quantitative estimate of drug-likeness (QED) is 0.455. The van der Waals surface area contributed by atoms with Crippen LogP contribution >= 0.6 is 0 Å². The van der Waals surface area contributed by atoms with Gasteiger partial charge in [0, 0.05) is 18.6 Å². The molecular weight excluding hydrogens is 156 g/mol. The van der Waals surface area contributed by atoms with Gasteiger partial charge in [-0.1, -0.05) is 0 Å². The van der Waals surface area contributed by atoms with Gasteiger partial charge in [-0.05, 0) is 12.8 Å². The molecule has 0 spiro atoms. The third kappa shape index (κ3) is 3.49. The maximum absolute atomic E-state index is 8.40. The summed E-state index contributed by atoms with van der Waals surface area (Å²) in [5, 5.41) is 11.7. The van der Waals surface area contributed by atoms with Crippen molar-refractivity contribution in [1.82, 2.24) is 5.32 Å². The van der Waals surface area contributed by atoms with Crippen LogP contribution in [0.2, 0.25) is 0 Å². The lowest BCUT2D eigenvalue weighted by Crippen LogP contribution is -2.49. The summed E-state index contributed by atoms with van der Waals surface area (Å²) in [6, 6.07) is 0.999. The SMILES string of the molecule is NC1CC(NCCOCCO)C1. The minimum absolute atomic E-state index is 0.105. The van der Waals surface area contributed by atoms with Gasteiger partial charge in [0.1, 0.15) is 0 Å². The lowest BCUT2D eigenvalue weighted by atomic mass is 9.88. The molecule has 0 atom stereocenters. The number of hydrogen-bond donors (Lipinski definition) is 3. The Hall–Kier alpha value is -0.160. The molecule has 12 heavy (non-hydrogen) atoms. The van der Waals surface area contributed by atoms with Crippen molar-refractivity contribution >= 4 is 0 Å². The highest BCUT2D eigenvalue weighted by molar-refractivity contribution is 4.87. The van der Waals surface area contributed by atoms with Gasteiger partial charge in [0.2, 0.25) is 0 Å². The molecular formula is C8H18N2O2. The maximum Gasteiger partial charge on any atom is 0.0698 e. The molecule has 1 saturated carbocycles. The van der Waals surface area contributed by atoms with Crippen molar-refractivity contribution in [3.05, 3.63) is 0 Å². The zero-order valence-electron chi connectivity index (χ0n) is 7.33. The average molecular weight is 174 g/mol. The fourth-order valence-corrected chi connectivity index (χ4v) is 1.33. The first-order chi connectivity index (χ1) is 5.83. The summed E-state index contributed by atoms with van der Waals surface area (Å²) in [7, 11) is 0. The predicted octanol–water partition coefficient (Wildman–Crippen LogP) is -0.925. The van der Waals surface area contributed by atoms with E-state index in [0.29, 0.717) is 25.3 Å². The van der Waals surface area contributed by atoms with Crippen LogP contribution in [-0.2, 0) is 4.74 Å². The molecule has 1 rings (SSSR count). The van der Waals surface area contributed by atoms with Crippen molar-refractivity contribution in [3.8, 4) is 0 Å². The Bertz CT molecular complexity index is 116. The molecule has 0 amide bonds. The minimum atomic E-state index is 0.105. The largest absolute Gasteiger partial charge is 0.394 e. The van der Waals surface area contributed by atoms with Gasteiger partial charge in [0.25, 0.3) is 0 Å². The van der Waals surface area contributed by atoms with Crippen molar-refractivity contribution in [1.29, 1.82) is 0 Å². The van der Waals surface area contributed by atoms with E-state index >= 15 is 0 Å². The van der Waals surface area contributed by atoms with E-state index in [1.165, 1.54) is 0 Å². The zero-order chi connectivity index (χ0) is 8.81. The maximum atomic E-state index is 8.40. The van der Waals surface area contributed by atoms with Gasteiger partial charge in [-0.15, -0.1) is 0 Å². The number of rotatable bonds is 6. The van der Waals surface area contributed by atoms with Gasteiger partial charge in [0.15, 0.2) is 0 Å². The highest BCUT2D eigenvalue weighted by atomic mass is 16.5. The Morgan fingerprint density at radius 1 is 1.42 bits per heavy atom. The summed E-state index contributed by atoms with van der Waals surface area (Å²) in [4.78, 5) is 0. The van der Waals surface area contributed by atoms with E-state index in [1.807, 2.05) is 0 Å². The Kier molecular flexibility index (Phi) is 4.53. The molecule has 0 bridgehead atoms. The molecule has 0 aromatic rings. The van der Waals surface area contributed by atoms with Gasteiger partial charge in [-0.2, -0.15) is 0 Å². The fourth-order valence-electron chi connectivity index (χ4n) is 1.33. The third-order valence-corrected chi connectivity index (χ3v) is 2.09. The van der Waals surface area contributed by atoms with Crippen LogP contribution in [0.1, 0.15) is 12.8 Å². The van der Waals surface area contributed by atoms with Crippen LogP contribution in [0.3, 0.4) is 0 Å². The number of nitrogens with two attached hydrogens (primary N) is 1. The summed E-state index contributed by atoms with van der Waals surface area (Å²) in [6.07, 6.45) is 2.17. The van der Waals surface area contributed by atoms with E-state index in [-0.39, 0.29) is 6.61 Å². The molecule has 0 aromatic heterocycles. The summed E-state index contributed by atoms with van der Waals surface area (Å²) in [5.74, 6) is 0. The second-order valence-electron chi connectivity index (χ2n) is 3.22. The average Bonchev–Trinajstić information content (AvgIpc) is 2.00. The monoisotopic (exact) mass is 174 g/mol. The van der Waals surface area contributed by atoms with E-state index < -0.39 is 0 Å². The molecule has 0 radical (unpaired) electrons. The predicted molar refractivity (Wildman–Crippen MR) is 46.9 cm³/mol. The second kappa shape index (κ2) is 5.48. The van der Waals surface area contributed by atoms with Gasteiger partial charge in [-0.3, -0.25) is 0 Å². The van der Waals surface area contributed by atoms with Crippen LogP contribution < -0.4 is 11.1 Å².